The molecule has 0 spiro atoms. The van der Waals surface area contributed by atoms with E-state index in [0.29, 0.717) is 0 Å². The Morgan fingerprint density at radius 3 is 2.60 bits per heavy atom. The van der Waals surface area contributed by atoms with Gasteiger partial charge in [0.2, 0.25) is 0 Å². The number of nitro groups is 1. The monoisotopic (exact) mass is 140 g/mol. The quantitative estimate of drug-likeness (QED) is 0.449. The Hall–Kier alpha value is -1.65. The molecule has 0 amide bonds. The number of rotatable bonds is 1. The molecule has 10 heavy (non-hydrogen) atoms. The zero-order valence-corrected chi connectivity index (χ0v) is 4.90. The van der Waals surface area contributed by atoms with Gasteiger partial charge < -0.3 is 10.1 Å². The van der Waals surface area contributed by atoms with Crippen molar-refractivity contribution in [3.8, 4) is 0 Å². The van der Waals surface area contributed by atoms with E-state index in [4.69, 9.17) is 0 Å². The van der Waals surface area contributed by atoms with Crippen LogP contribution in [-0.4, -0.2) is 9.91 Å². The molecule has 0 aliphatic heterocycles. The minimum absolute atomic E-state index is 0.285. The molecule has 1 N–H and O–H groups in total. The lowest BCUT2D eigenvalue weighted by Crippen LogP contribution is -2.05. The third kappa shape index (κ3) is 1.19. The smallest absolute Gasteiger partial charge is 0.331 e. The van der Waals surface area contributed by atoms with E-state index in [-0.39, 0.29) is 5.82 Å². The summed E-state index contributed by atoms with van der Waals surface area (Å²) in [5.41, 5.74) is -0.464. The highest BCUT2D eigenvalue weighted by Gasteiger charge is 2.00. The van der Waals surface area contributed by atoms with E-state index in [9.17, 15) is 14.9 Å². The van der Waals surface area contributed by atoms with Crippen molar-refractivity contribution in [2.24, 2.45) is 0 Å². The molecule has 5 heteroatoms. The Morgan fingerprint density at radius 2 is 2.20 bits per heavy atom. The molecule has 52 valence electrons. The van der Waals surface area contributed by atoms with Gasteiger partial charge in [0.1, 0.15) is 0 Å². The van der Waals surface area contributed by atoms with Gasteiger partial charge >= 0.3 is 11.4 Å². The lowest BCUT2D eigenvalue weighted by Gasteiger charge is -1.89. The van der Waals surface area contributed by atoms with Crippen molar-refractivity contribution in [1.29, 1.82) is 0 Å². The van der Waals surface area contributed by atoms with Crippen LogP contribution in [-0.2, 0) is 0 Å². The third-order valence-corrected chi connectivity index (χ3v) is 0.950. The molecule has 0 bridgehead atoms. The first kappa shape index (κ1) is 6.47. The molecule has 0 aliphatic rings. The second-order valence-electron chi connectivity index (χ2n) is 1.66. The maximum absolute atomic E-state index is 10.4. The first-order valence-electron chi connectivity index (χ1n) is 2.54. The van der Waals surface area contributed by atoms with E-state index in [2.05, 4.69) is 4.98 Å². The largest absolute Gasteiger partial charge is 0.358 e. The second kappa shape index (κ2) is 2.30. The van der Waals surface area contributed by atoms with Crippen LogP contribution in [0.5, 0.6) is 0 Å². The summed E-state index contributed by atoms with van der Waals surface area (Å²) in [6, 6.07) is 3.77. The lowest BCUT2D eigenvalue weighted by molar-refractivity contribution is -0.389. The summed E-state index contributed by atoms with van der Waals surface area (Å²) in [4.78, 5) is 21.8. The number of nitrogens with one attached hydrogen (secondary N) is 1. The average molecular weight is 140 g/mol. The molecule has 0 unspecified atom stereocenters. The van der Waals surface area contributed by atoms with Crippen LogP contribution in [0.4, 0.5) is 5.82 Å². The Morgan fingerprint density at radius 1 is 1.50 bits per heavy atom. The highest BCUT2D eigenvalue weighted by atomic mass is 16.6. The van der Waals surface area contributed by atoms with Crippen LogP contribution < -0.4 is 5.56 Å². The fraction of sp³-hybridized carbons (Fsp3) is 0. The van der Waals surface area contributed by atoms with Gasteiger partial charge in [0.15, 0.2) is 0 Å². The molecule has 0 fully saturated rings. The SMILES string of the molecule is O=c1cccc([N+](=O)[O-])[nH]1. The van der Waals surface area contributed by atoms with Gasteiger partial charge in [-0.1, -0.05) is 0 Å². The van der Waals surface area contributed by atoms with Gasteiger partial charge in [-0.15, -0.1) is 0 Å². The van der Waals surface area contributed by atoms with E-state index >= 15 is 0 Å². The Labute approximate surface area is 55.5 Å². The van der Waals surface area contributed by atoms with E-state index in [1.165, 1.54) is 18.2 Å². The maximum Gasteiger partial charge on any atom is 0.331 e. The van der Waals surface area contributed by atoms with Crippen LogP contribution in [0.3, 0.4) is 0 Å². The average Bonchev–Trinajstić information content (AvgIpc) is 1.88. The Bertz CT molecular complexity index is 304. The molecule has 0 aliphatic carbocycles. The Balaban J connectivity index is 3.20. The molecule has 1 heterocycles. The highest BCUT2D eigenvalue weighted by Crippen LogP contribution is 1.99. The molecule has 0 saturated heterocycles. The minimum atomic E-state index is -0.651. The lowest BCUT2D eigenvalue weighted by atomic mass is 10.5. The van der Waals surface area contributed by atoms with Gasteiger partial charge in [-0.05, 0) is 11.0 Å². The number of nitrogens with zero attached hydrogens (tertiary/aromatic N) is 1. The standard InChI is InChI=1S/C5H4N2O3/c8-5-3-1-2-4(6-5)7(9)10/h1-3H,(H,6,8). The van der Waals surface area contributed by atoms with E-state index in [1.807, 2.05) is 0 Å². The minimum Gasteiger partial charge on any atom is -0.358 e. The molecule has 0 radical (unpaired) electrons. The highest BCUT2D eigenvalue weighted by molar-refractivity contribution is 5.16. The van der Waals surface area contributed by atoms with Crippen molar-refractivity contribution >= 4 is 5.82 Å². The van der Waals surface area contributed by atoms with Crippen LogP contribution in [0.15, 0.2) is 23.0 Å². The van der Waals surface area contributed by atoms with Gasteiger partial charge in [-0.2, -0.15) is 0 Å². The van der Waals surface area contributed by atoms with Gasteiger partial charge in [0.05, 0.1) is 0 Å². The number of hydrogen-bond acceptors (Lipinski definition) is 3. The molecule has 0 saturated carbocycles. The summed E-state index contributed by atoms with van der Waals surface area (Å²) in [7, 11) is 0. The third-order valence-electron chi connectivity index (χ3n) is 0.950. The van der Waals surface area contributed by atoms with Crippen molar-refractivity contribution < 1.29 is 4.92 Å². The van der Waals surface area contributed by atoms with Gasteiger partial charge in [-0.25, -0.2) is 9.78 Å². The zero-order chi connectivity index (χ0) is 7.56. The van der Waals surface area contributed by atoms with Crippen molar-refractivity contribution in [2.45, 2.75) is 0 Å². The van der Waals surface area contributed by atoms with E-state index in [1.54, 1.807) is 0 Å². The molecule has 1 aromatic heterocycles. The molecular weight excluding hydrogens is 136 g/mol. The summed E-state index contributed by atoms with van der Waals surface area (Å²) in [5, 5.41) is 9.99. The van der Waals surface area contributed by atoms with Crippen LogP contribution in [0.1, 0.15) is 0 Å². The topological polar surface area (TPSA) is 76.0 Å². The van der Waals surface area contributed by atoms with Crippen molar-refractivity contribution in [2.75, 3.05) is 0 Å². The van der Waals surface area contributed by atoms with E-state index < -0.39 is 10.5 Å². The van der Waals surface area contributed by atoms with Crippen molar-refractivity contribution in [3.63, 3.8) is 0 Å². The van der Waals surface area contributed by atoms with Crippen LogP contribution in [0.2, 0.25) is 0 Å². The predicted molar refractivity (Wildman–Crippen MR) is 33.7 cm³/mol. The molecule has 1 rings (SSSR count). The number of H-pyrrole nitrogens is 1. The van der Waals surface area contributed by atoms with Crippen LogP contribution in [0, 0.1) is 10.1 Å². The van der Waals surface area contributed by atoms with Gasteiger partial charge in [-0.3, -0.25) is 0 Å². The summed E-state index contributed by atoms with van der Waals surface area (Å²) in [6.45, 7) is 0. The second-order valence-corrected chi connectivity index (χ2v) is 1.66. The molecule has 0 atom stereocenters. The van der Waals surface area contributed by atoms with Gasteiger partial charge in [0.25, 0.3) is 0 Å². The predicted octanol–water partition coefficient (Wildman–Crippen LogP) is 0.283. The van der Waals surface area contributed by atoms with Crippen LogP contribution in [0.25, 0.3) is 0 Å². The summed E-state index contributed by atoms with van der Waals surface area (Å²) in [5.74, 6) is -0.285. The first-order valence-corrected chi connectivity index (χ1v) is 2.54. The first-order chi connectivity index (χ1) is 4.70. The Kier molecular flexibility index (Phi) is 1.49. The maximum atomic E-state index is 10.4. The molecule has 5 nitrogen and oxygen atoms in total. The number of pyridine rings is 1. The van der Waals surface area contributed by atoms with Crippen LogP contribution >= 0.6 is 0 Å². The summed E-state index contributed by atoms with van der Waals surface area (Å²) in [6.07, 6.45) is 0. The summed E-state index contributed by atoms with van der Waals surface area (Å²) >= 11 is 0. The molecule has 1 aromatic rings. The normalized spacial score (nSPS) is 9.20. The summed E-state index contributed by atoms with van der Waals surface area (Å²) < 4.78 is 0. The zero-order valence-electron chi connectivity index (χ0n) is 4.90. The fourth-order valence-corrected chi connectivity index (χ4v) is 0.543. The number of hydrogen-bond donors (Lipinski definition) is 1. The molecule has 0 aromatic carbocycles. The van der Waals surface area contributed by atoms with Gasteiger partial charge in [0, 0.05) is 12.1 Å². The van der Waals surface area contributed by atoms with Crippen molar-refractivity contribution in [3.05, 3.63) is 38.7 Å². The number of aromatic amines is 1. The van der Waals surface area contributed by atoms with E-state index in [0.717, 1.165) is 0 Å². The molecular formula is C5H4N2O3. The van der Waals surface area contributed by atoms with Crippen molar-refractivity contribution in [1.82, 2.24) is 4.98 Å². The number of aromatic nitrogens is 1. The fourth-order valence-electron chi connectivity index (χ4n) is 0.543.